The lowest BCUT2D eigenvalue weighted by atomic mass is 10.2. The van der Waals surface area contributed by atoms with Crippen molar-refractivity contribution in [3.8, 4) is 0 Å². The minimum absolute atomic E-state index is 0.587. The SMILES string of the molecule is CCCN(C)OCC1CCCN1. The molecule has 1 heterocycles. The highest BCUT2D eigenvalue weighted by atomic mass is 16.7. The molecule has 1 fully saturated rings. The van der Waals surface area contributed by atoms with E-state index in [4.69, 9.17) is 4.84 Å². The summed E-state index contributed by atoms with van der Waals surface area (Å²) in [4.78, 5) is 5.54. The van der Waals surface area contributed by atoms with Crippen LogP contribution in [-0.4, -0.2) is 37.8 Å². The van der Waals surface area contributed by atoms with Crippen molar-refractivity contribution in [3.63, 3.8) is 0 Å². The third-order valence-corrected chi connectivity index (χ3v) is 2.20. The molecule has 12 heavy (non-hydrogen) atoms. The van der Waals surface area contributed by atoms with Crippen molar-refractivity contribution >= 4 is 0 Å². The summed E-state index contributed by atoms with van der Waals surface area (Å²) < 4.78 is 0. The van der Waals surface area contributed by atoms with Gasteiger partial charge in [-0.1, -0.05) is 6.92 Å². The monoisotopic (exact) mass is 172 g/mol. The fraction of sp³-hybridized carbons (Fsp3) is 1.00. The second kappa shape index (κ2) is 5.51. The molecule has 1 unspecified atom stereocenters. The molecule has 3 nitrogen and oxygen atoms in total. The van der Waals surface area contributed by atoms with Crippen LogP contribution in [0.4, 0.5) is 0 Å². The molecule has 1 aliphatic heterocycles. The third kappa shape index (κ3) is 3.52. The third-order valence-electron chi connectivity index (χ3n) is 2.20. The summed E-state index contributed by atoms with van der Waals surface area (Å²) in [6, 6.07) is 0.587. The van der Waals surface area contributed by atoms with Gasteiger partial charge in [0.1, 0.15) is 0 Å². The Morgan fingerprint density at radius 2 is 2.42 bits per heavy atom. The van der Waals surface area contributed by atoms with E-state index in [1.54, 1.807) is 0 Å². The van der Waals surface area contributed by atoms with Gasteiger partial charge in [0, 0.05) is 19.6 Å². The Morgan fingerprint density at radius 1 is 1.58 bits per heavy atom. The fourth-order valence-electron chi connectivity index (χ4n) is 1.50. The van der Waals surface area contributed by atoms with Crippen molar-refractivity contribution < 1.29 is 4.84 Å². The molecule has 1 aliphatic rings. The zero-order valence-electron chi connectivity index (χ0n) is 8.18. The van der Waals surface area contributed by atoms with Crippen LogP contribution in [-0.2, 0) is 4.84 Å². The lowest BCUT2D eigenvalue weighted by molar-refractivity contribution is -0.144. The molecule has 0 radical (unpaired) electrons. The van der Waals surface area contributed by atoms with Crippen molar-refractivity contribution in [3.05, 3.63) is 0 Å². The van der Waals surface area contributed by atoms with Crippen LogP contribution >= 0.6 is 0 Å². The first-order chi connectivity index (χ1) is 5.83. The van der Waals surface area contributed by atoms with Crippen LogP contribution in [0, 0.1) is 0 Å². The molecule has 0 amide bonds. The maximum Gasteiger partial charge on any atom is 0.0838 e. The van der Waals surface area contributed by atoms with Crippen LogP contribution in [0.15, 0.2) is 0 Å². The van der Waals surface area contributed by atoms with Crippen LogP contribution in [0.2, 0.25) is 0 Å². The van der Waals surface area contributed by atoms with E-state index >= 15 is 0 Å². The highest BCUT2D eigenvalue weighted by Crippen LogP contribution is 2.05. The average molecular weight is 172 g/mol. The highest BCUT2D eigenvalue weighted by molar-refractivity contribution is 4.72. The Bertz CT molecular complexity index is 113. The molecule has 0 aliphatic carbocycles. The van der Waals surface area contributed by atoms with Crippen LogP contribution in [0.5, 0.6) is 0 Å². The summed E-state index contributed by atoms with van der Waals surface area (Å²) >= 11 is 0. The van der Waals surface area contributed by atoms with E-state index in [2.05, 4.69) is 12.2 Å². The molecule has 0 aromatic rings. The standard InChI is InChI=1S/C9H20N2O/c1-3-7-11(2)12-8-9-5-4-6-10-9/h9-10H,3-8H2,1-2H3. The van der Waals surface area contributed by atoms with Gasteiger partial charge in [0.25, 0.3) is 0 Å². The Balaban J connectivity index is 1.99. The van der Waals surface area contributed by atoms with Gasteiger partial charge in [-0.05, 0) is 25.8 Å². The molecular formula is C9H20N2O. The maximum atomic E-state index is 5.54. The molecule has 1 atom stereocenters. The number of hydrogen-bond donors (Lipinski definition) is 1. The molecule has 0 aromatic carbocycles. The van der Waals surface area contributed by atoms with Crippen LogP contribution in [0.3, 0.4) is 0 Å². The predicted molar refractivity (Wildman–Crippen MR) is 49.9 cm³/mol. The molecular weight excluding hydrogens is 152 g/mol. The molecule has 3 heteroatoms. The summed E-state index contributed by atoms with van der Waals surface area (Å²) in [6.07, 6.45) is 3.71. The summed E-state index contributed by atoms with van der Waals surface area (Å²) in [5, 5.41) is 5.33. The molecule has 0 aromatic heterocycles. The first-order valence-electron chi connectivity index (χ1n) is 4.90. The number of hydroxylamine groups is 2. The van der Waals surface area contributed by atoms with Crippen molar-refractivity contribution in [1.82, 2.24) is 10.4 Å². The van der Waals surface area contributed by atoms with Crippen molar-refractivity contribution in [1.29, 1.82) is 0 Å². The van der Waals surface area contributed by atoms with E-state index < -0.39 is 0 Å². The molecule has 0 spiro atoms. The Kier molecular flexibility index (Phi) is 4.58. The van der Waals surface area contributed by atoms with Gasteiger partial charge in [-0.25, -0.2) is 0 Å². The first kappa shape index (κ1) is 9.96. The van der Waals surface area contributed by atoms with Gasteiger partial charge in [-0.15, -0.1) is 0 Å². The average Bonchev–Trinajstić information content (AvgIpc) is 2.53. The second-order valence-corrected chi connectivity index (χ2v) is 3.44. The van der Waals surface area contributed by atoms with Crippen LogP contribution in [0.1, 0.15) is 26.2 Å². The number of hydrogen-bond acceptors (Lipinski definition) is 3. The summed E-state index contributed by atoms with van der Waals surface area (Å²) in [5.74, 6) is 0. The van der Waals surface area contributed by atoms with E-state index in [1.807, 2.05) is 12.1 Å². The van der Waals surface area contributed by atoms with Gasteiger partial charge in [-0.3, -0.25) is 4.84 Å². The molecule has 1 rings (SSSR count). The highest BCUT2D eigenvalue weighted by Gasteiger charge is 2.14. The van der Waals surface area contributed by atoms with Gasteiger partial charge in [0.2, 0.25) is 0 Å². The molecule has 72 valence electrons. The normalized spacial score (nSPS) is 23.8. The van der Waals surface area contributed by atoms with Gasteiger partial charge < -0.3 is 5.32 Å². The quantitative estimate of drug-likeness (QED) is 0.626. The number of nitrogens with one attached hydrogen (secondary N) is 1. The zero-order chi connectivity index (χ0) is 8.81. The summed E-state index contributed by atoms with van der Waals surface area (Å²) in [6.45, 7) is 5.17. The topological polar surface area (TPSA) is 24.5 Å². The van der Waals surface area contributed by atoms with Crippen molar-refractivity contribution in [2.45, 2.75) is 32.2 Å². The number of nitrogens with zero attached hydrogens (tertiary/aromatic N) is 1. The minimum atomic E-state index is 0.587. The summed E-state index contributed by atoms with van der Waals surface area (Å²) in [5.41, 5.74) is 0. The van der Waals surface area contributed by atoms with E-state index in [0.717, 1.165) is 26.1 Å². The van der Waals surface area contributed by atoms with E-state index in [0.29, 0.717) is 6.04 Å². The fourth-order valence-corrected chi connectivity index (χ4v) is 1.50. The van der Waals surface area contributed by atoms with E-state index in [1.165, 1.54) is 12.8 Å². The predicted octanol–water partition coefficient (Wildman–Crippen LogP) is 1.01. The zero-order valence-corrected chi connectivity index (χ0v) is 8.18. The van der Waals surface area contributed by atoms with Gasteiger partial charge >= 0.3 is 0 Å². The number of rotatable bonds is 5. The van der Waals surface area contributed by atoms with Crippen molar-refractivity contribution in [2.24, 2.45) is 0 Å². The van der Waals surface area contributed by atoms with Crippen LogP contribution in [0.25, 0.3) is 0 Å². The van der Waals surface area contributed by atoms with E-state index in [9.17, 15) is 0 Å². The van der Waals surface area contributed by atoms with Gasteiger partial charge in [-0.2, -0.15) is 5.06 Å². The second-order valence-electron chi connectivity index (χ2n) is 3.44. The first-order valence-corrected chi connectivity index (χ1v) is 4.90. The lowest BCUT2D eigenvalue weighted by Crippen LogP contribution is -2.31. The lowest BCUT2D eigenvalue weighted by Gasteiger charge is -2.18. The molecule has 0 saturated carbocycles. The maximum absolute atomic E-state index is 5.54. The van der Waals surface area contributed by atoms with Gasteiger partial charge in [0.15, 0.2) is 0 Å². The van der Waals surface area contributed by atoms with Gasteiger partial charge in [0.05, 0.1) is 6.61 Å². The molecule has 1 N–H and O–H groups in total. The molecule has 0 bridgehead atoms. The van der Waals surface area contributed by atoms with Crippen molar-refractivity contribution in [2.75, 3.05) is 26.7 Å². The Hall–Kier alpha value is -0.120. The van der Waals surface area contributed by atoms with E-state index in [-0.39, 0.29) is 0 Å². The summed E-state index contributed by atoms with van der Waals surface area (Å²) in [7, 11) is 2.00. The minimum Gasteiger partial charge on any atom is -0.312 e. The largest absolute Gasteiger partial charge is 0.312 e. The Labute approximate surface area is 75.0 Å². The van der Waals surface area contributed by atoms with Crippen LogP contribution < -0.4 is 5.32 Å². The smallest absolute Gasteiger partial charge is 0.0838 e. The Morgan fingerprint density at radius 3 is 3.00 bits per heavy atom. The molecule has 1 saturated heterocycles.